The van der Waals surface area contributed by atoms with Gasteiger partial charge in [-0.2, -0.15) is 0 Å². The van der Waals surface area contributed by atoms with Crippen LogP contribution in [-0.2, 0) is 17.7 Å². The standard InChI is InChI=1S/C14H24N2O2/c1-4-7-16-8-6-15-12(16)10-14(17)5-9-18-13(2,3)11-14/h6,8,17H,4-5,7,9-11H2,1-3H3. The van der Waals surface area contributed by atoms with Crippen molar-refractivity contribution in [1.82, 2.24) is 9.55 Å². The molecular formula is C14H24N2O2. The van der Waals surface area contributed by atoms with Crippen molar-refractivity contribution in [3.05, 3.63) is 18.2 Å². The zero-order valence-corrected chi connectivity index (χ0v) is 11.6. The lowest BCUT2D eigenvalue weighted by atomic mass is 9.82. The van der Waals surface area contributed by atoms with Crippen LogP contribution in [0, 0.1) is 0 Å². The molecular weight excluding hydrogens is 228 g/mol. The van der Waals surface area contributed by atoms with E-state index in [4.69, 9.17) is 4.74 Å². The number of imidazole rings is 1. The predicted octanol–water partition coefficient (Wildman–Crippen LogP) is 2.16. The third-order valence-corrected chi connectivity index (χ3v) is 3.57. The van der Waals surface area contributed by atoms with Gasteiger partial charge in [-0.15, -0.1) is 0 Å². The topological polar surface area (TPSA) is 47.3 Å². The van der Waals surface area contributed by atoms with Gasteiger partial charge in [0.1, 0.15) is 5.82 Å². The van der Waals surface area contributed by atoms with Gasteiger partial charge >= 0.3 is 0 Å². The molecule has 0 aromatic carbocycles. The summed E-state index contributed by atoms with van der Waals surface area (Å²) in [5.74, 6) is 0.983. The first-order chi connectivity index (χ1) is 8.44. The molecule has 1 aromatic rings. The lowest BCUT2D eigenvalue weighted by molar-refractivity contribution is -0.144. The zero-order valence-electron chi connectivity index (χ0n) is 11.6. The molecule has 1 saturated heterocycles. The van der Waals surface area contributed by atoms with Gasteiger partial charge in [-0.05, 0) is 20.3 Å². The minimum Gasteiger partial charge on any atom is -0.389 e. The van der Waals surface area contributed by atoms with Crippen molar-refractivity contribution < 1.29 is 9.84 Å². The highest BCUT2D eigenvalue weighted by atomic mass is 16.5. The van der Waals surface area contributed by atoms with Crippen LogP contribution in [0.1, 0.15) is 45.9 Å². The van der Waals surface area contributed by atoms with Crippen LogP contribution in [0.2, 0.25) is 0 Å². The Labute approximate surface area is 109 Å². The van der Waals surface area contributed by atoms with Crippen molar-refractivity contribution in [1.29, 1.82) is 0 Å². The highest BCUT2D eigenvalue weighted by Crippen LogP contribution is 2.34. The Morgan fingerprint density at radius 3 is 2.94 bits per heavy atom. The first-order valence-electron chi connectivity index (χ1n) is 6.80. The smallest absolute Gasteiger partial charge is 0.111 e. The molecule has 0 spiro atoms. The third kappa shape index (κ3) is 3.12. The molecule has 0 amide bonds. The highest BCUT2D eigenvalue weighted by Gasteiger charge is 2.40. The van der Waals surface area contributed by atoms with Gasteiger partial charge in [0.2, 0.25) is 0 Å². The van der Waals surface area contributed by atoms with E-state index in [0.29, 0.717) is 25.9 Å². The van der Waals surface area contributed by atoms with Crippen LogP contribution in [0.5, 0.6) is 0 Å². The molecule has 1 aliphatic rings. The van der Waals surface area contributed by atoms with E-state index in [9.17, 15) is 5.11 Å². The van der Waals surface area contributed by atoms with E-state index in [1.807, 2.05) is 26.2 Å². The maximum atomic E-state index is 10.7. The number of aromatic nitrogens is 2. The zero-order chi connectivity index (χ0) is 13.2. The highest BCUT2D eigenvalue weighted by molar-refractivity contribution is 5.02. The number of hydrogen-bond acceptors (Lipinski definition) is 3. The number of hydrogen-bond donors (Lipinski definition) is 1. The molecule has 2 rings (SSSR count). The number of aliphatic hydroxyl groups is 1. The lowest BCUT2D eigenvalue weighted by Crippen LogP contribution is -2.47. The Morgan fingerprint density at radius 2 is 2.28 bits per heavy atom. The van der Waals surface area contributed by atoms with E-state index in [-0.39, 0.29) is 5.60 Å². The number of ether oxygens (including phenoxy) is 1. The lowest BCUT2D eigenvalue weighted by Gasteiger charge is -2.41. The summed E-state index contributed by atoms with van der Waals surface area (Å²) in [6, 6.07) is 0. The number of aryl methyl sites for hydroxylation is 1. The average Bonchev–Trinajstić information content (AvgIpc) is 2.63. The Morgan fingerprint density at radius 1 is 1.50 bits per heavy atom. The second-order valence-electron chi connectivity index (χ2n) is 5.97. The normalized spacial score (nSPS) is 27.3. The summed E-state index contributed by atoms with van der Waals surface area (Å²) >= 11 is 0. The molecule has 1 fully saturated rings. The Balaban J connectivity index is 2.09. The molecule has 4 heteroatoms. The largest absolute Gasteiger partial charge is 0.389 e. The van der Waals surface area contributed by atoms with Gasteiger partial charge in [-0.3, -0.25) is 0 Å². The summed E-state index contributed by atoms with van der Waals surface area (Å²) in [5, 5.41) is 10.7. The molecule has 1 N–H and O–H groups in total. The first kappa shape index (κ1) is 13.6. The van der Waals surface area contributed by atoms with Gasteiger partial charge in [0.25, 0.3) is 0 Å². The fraction of sp³-hybridized carbons (Fsp3) is 0.786. The molecule has 0 bridgehead atoms. The Hall–Kier alpha value is -0.870. The maximum absolute atomic E-state index is 10.7. The molecule has 1 aromatic heterocycles. The van der Waals surface area contributed by atoms with Crippen molar-refractivity contribution in [2.75, 3.05) is 6.61 Å². The fourth-order valence-corrected chi connectivity index (χ4v) is 2.85. The number of rotatable bonds is 4. The minimum atomic E-state index is -0.682. The molecule has 2 heterocycles. The second-order valence-corrected chi connectivity index (χ2v) is 5.97. The summed E-state index contributed by atoms with van der Waals surface area (Å²) in [6.07, 6.45) is 6.86. The van der Waals surface area contributed by atoms with Crippen molar-refractivity contribution in [3.63, 3.8) is 0 Å². The van der Waals surface area contributed by atoms with Gasteiger partial charge in [0.05, 0.1) is 17.8 Å². The second kappa shape index (κ2) is 5.02. The summed E-state index contributed by atoms with van der Waals surface area (Å²) in [5.41, 5.74) is -0.923. The van der Waals surface area contributed by atoms with E-state index in [0.717, 1.165) is 18.8 Å². The number of nitrogens with zero attached hydrogens (tertiary/aromatic N) is 2. The summed E-state index contributed by atoms with van der Waals surface area (Å²) in [6.45, 7) is 7.81. The molecule has 18 heavy (non-hydrogen) atoms. The fourth-order valence-electron chi connectivity index (χ4n) is 2.85. The van der Waals surface area contributed by atoms with Crippen molar-refractivity contribution in [3.8, 4) is 0 Å². The molecule has 0 saturated carbocycles. The van der Waals surface area contributed by atoms with Gasteiger partial charge in [-0.1, -0.05) is 6.92 Å². The van der Waals surface area contributed by atoms with Crippen molar-refractivity contribution in [2.45, 2.75) is 64.2 Å². The third-order valence-electron chi connectivity index (χ3n) is 3.57. The average molecular weight is 252 g/mol. The SMILES string of the molecule is CCCn1ccnc1CC1(O)CCOC(C)(C)C1. The van der Waals surface area contributed by atoms with Gasteiger partial charge in [0, 0.05) is 38.2 Å². The molecule has 0 aliphatic carbocycles. The summed E-state index contributed by atoms with van der Waals surface area (Å²) in [7, 11) is 0. The molecule has 102 valence electrons. The monoisotopic (exact) mass is 252 g/mol. The minimum absolute atomic E-state index is 0.241. The molecule has 0 radical (unpaired) electrons. The van der Waals surface area contributed by atoms with Crippen molar-refractivity contribution >= 4 is 0 Å². The van der Waals surface area contributed by atoms with Crippen LogP contribution in [0.3, 0.4) is 0 Å². The van der Waals surface area contributed by atoms with Crippen LogP contribution >= 0.6 is 0 Å². The first-order valence-corrected chi connectivity index (χ1v) is 6.80. The van der Waals surface area contributed by atoms with Crippen molar-refractivity contribution in [2.24, 2.45) is 0 Å². The van der Waals surface area contributed by atoms with Gasteiger partial charge in [0.15, 0.2) is 0 Å². The summed E-state index contributed by atoms with van der Waals surface area (Å²) in [4.78, 5) is 4.38. The molecule has 4 nitrogen and oxygen atoms in total. The molecule has 1 unspecified atom stereocenters. The van der Waals surface area contributed by atoms with Crippen LogP contribution in [-0.4, -0.2) is 32.5 Å². The van der Waals surface area contributed by atoms with E-state index in [1.54, 1.807) is 0 Å². The van der Waals surface area contributed by atoms with E-state index < -0.39 is 5.60 Å². The predicted molar refractivity (Wildman–Crippen MR) is 70.4 cm³/mol. The van der Waals surface area contributed by atoms with Crippen LogP contribution in [0.25, 0.3) is 0 Å². The Bertz CT molecular complexity index is 400. The van der Waals surface area contributed by atoms with E-state index in [2.05, 4.69) is 16.5 Å². The van der Waals surface area contributed by atoms with E-state index >= 15 is 0 Å². The summed E-state index contributed by atoms with van der Waals surface area (Å²) < 4.78 is 7.81. The quantitative estimate of drug-likeness (QED) is 0.893. The maximum Gasteiger partial charge on any atom is 0.111 e. The van der Waals surface area contributed by atoms with Gasteiger partial charge in [-0.25, -0.2) is 4.98 Å². The van der Waals surface area contributed by atoms with Crippen LogP contribution < -0.4 is 0 Å². The molecule has 1 aliphatic heterocycles. The Kier molecular flexibility index (Phi) is 3.78. The van der Waals surface area contributed by atoms with E-state index in [1.165, 1.54) is 0 Å². The van der Waals surface area contributed by atoms with Crippen LogP contribution in [0.4, 0.5) is 0 Å². The van der Waals surface area contributed by atoms with Gasteiger partial charge < -0.3 is 14.4 Å². The molecule has 1 atom stereocenters. The van der Waals surface area contributed by atoms with Crippen LogP contribution in [0.15, 0.2) is 12.4 Å².